The van der Waals surface area contributed by atoms with E-state index in [1.165, 1.54) is 0 Å². The molecule has 0 unspecified atom stereocenters. The number of hydrogen-bond donors (Lipinski definition) is 0. The van der Waals surface area contributed by atoms with Crippen LogP contribution in [0.3, 0.4) is 0 Å². The summed E-state index contributed by atoms with van der Waals surface area (Å²) in [6.07, 6.45) is -1.55. The van der Waals surface area contributed by atoms with Gasteiger partial charge in [-0.1, -0.05) is 34.8 Å². The van der Waals surface area contributed by atoms with Gasteiger partial charge < -0.3 is 0 Å². The molecule has 0 heterocycles. The minimum absolute atomic E-state index is 0.0162. The summed E-state index contributed by atoms with van der Waals surface area (Å²) in [4.78, 5) is 9.68. The van der Waals surface area contributed by atoms with Crippen molar-refractivity contribution in [1.29, 1.82) is 0 Å². The molecule has 0 amide bonds. The Hall–Kier alpha value is 0.380. The van der Waals surface area contributed by atoms with E-state index in [0.717, 1.165) is 0 Å². The summed E-state index contributed by atoms with van der Waals surface area (Å²) in [7, 11) is -3.99. The van der Waals surface area contributed by atoms with Gasteiger partial charge in [-0.25, -0.2) is 4.57 Å². The van der Waals surface area contributed by atoms with Crippen LogP contribution >= 0.6 is 42.6 Å². The van der Waals surface area contributed by atoms with Crippen molar-refractivity contribution in [3.8, 4) is 0 Å². The van der Waals surface area contributed by atoms with Gasteiger partial charge in [-0.05, 0) is 13.8 Å². The molecule has 0 saturated carbocycles. The van der Waals surface area contributed by atoms with Crippen LogP contribution < -0.4 is 0 Å². The molecule has 0 saturated heterocycles. The Morgan fingerprint density at radius 3 is 2.00 bits per heavy atom. The molecular weight excluding hydrogens is 331 g/mol. The monoisotopic (exact) mass is 343 g/mol. The number of rotatable bonds is 8. The van der Waals surface area contributed by atoms with Gasteiger partial charge in [-0.2, -0.15) is 0 Å². The van der Waals surface area contributed by atoms with Gasteiger partial charge in [-0.15, -0.1) is 0 Å². The first-order valence-corrected chi connectivity index (χ1v) is 7.50. The summed E-state index contributed by atoms with van der Waals surface area (Å²) in [6, 6.07) is 0. The summed E-state index contributed by atoms with van der Waals surface area (Å²) >= 11 is 16.6. The lowest BCUT2D eigenvalue weighted by atomic mass is 10.4. The number of alkyl halides is 3. The molecule has 1 atom stereocenters. The van der Waals surface area contributed by atoms with Gasteiger partial charge in [0, 0.05) is 4.92 Å². The van der Waals surface area contributed by atoms with Crippen molar-refractivity contribution in [2.45, 2.75) is 23.7 Å². The lowest BCUT2D eigenvalue weighted by Gasteiger charge is -2.25. The lowest BCUT2D eigenvalue weighted by Crippen LogP contribution is -2.35. The third kappa shape index (κ3) is 7.09. The van der Waals surface area contributed by atoms with Crippen molar-refractivity contribution in [1.82, 2.24) is 0 Å². The van der Waals surface area contributed by atoms with Crippen molar-refractivity contribution < 1.29 is 23.1 Å². The Labute approximate surface area is 119 Å². The summed E-state index contributed by atoms with van der Waals surface area (Å²) in [5.74, 6) is 0. The van der Waals surface area contributed by atoms with Gasteiger partial charge in [0.1, 0.15) is 0 Å². The fraction of sp³-hybridized carbons (Fsp3) is 1.00. The Bertz CT molecular complexity index is 313. The smallest absolute Gasteiger partial charge is 0.287 e. The van der Waals surface area contributed by atoms with Gasteiger partial charge in [0.2, 0.25) is 10.3 Å². The molecule has 0 rings (SSSR count). The predicted octanol–water partition coefficient (Wildman–Crippen LogP) is 3.20. The molecule has 0 aromatic heterocycles. The SMILES string of the molecule is CCOP(=O)(OCC)O[C@H](C[N+](=O)[O-])C(Cl)(Cl)Cl. The summed E-state index contributed by atoms with van der Waals surface area (Å²) in [5.41, 5.74) is 0. The third-order valence-electron chi connectivity index (χ3n) is 1.51. The van der Waals surface area contributed by atoms with E-state index < -0.39 is 29.2 Å². The molecule has 0 bridgehead atoms. The first kappa shape index (κ1) is 18.4. The maximum absolute atomic E-state index is 12.0. The molecule has 7 nitrogen and oxygen atoms in total. The first-order valence-electron chi connectivity index (χ1n) is 4.90. The molecule has 0 fully saturated rings. The number of phosphoric acid groups is 1. The topological polar surface area (TPSA) is 87.9 Å². The molecule has 0 spiro atoms. The highest BCUT2D eigenvalue weighted by Gasteiger charge is 2.44. The van der Waals surface area contributed by atoms with E-state index >= 15 is 0 Å². The average Bonchev–Trinajstić information content (AvgIpc) is 2.14. The minimum Gasteiger partial charge on any atom is -0.287 e. The van der Waals surface area contributed by atoms with E-state index in [-0.39, 0.29) is 13.2 Å². The molecule has 0 radical (unpaired) electrons. The van der Waals surface area contributed by atoms with Crippen molar-refractivity contribution in [3.63, 3.8) is 0 Å². The van der Waals surface area contributed by atoms with Gasteiger partial charge >= 0.3 is 7.82 Å². The first-order chi connectivity index (χ1) is 8.14. The van der Waals surface area contributed by atoms with E-state index in [1.54, 1.807) is 13.8 Å². The van der Waals surface area contributed by atoms with Gasteiger partial charge in [0.05, 0.1) is 13.2 Å². The zero-order chi connectivity index (χ0) is 14.4. The highest BCUT2D eigenvalue weighted by Crippen LogP contribution is 2.53. The van der Waals surface area contributed by atoms with E-state index in [4.69, 9.17) is 48.4 Å². The summed E-state index contributed by atoms with van der Waals surface area (Å²) in [5, 5.41) is 10.4. The van der Waals surface area contributed by atoms with Crippen molar-refractivity contribution in [3.05, 3.63) is 10.1 Å². The predicted molar refractivity (Wildman–Crippen MR) is 67.9 cm³/mol. The molecule has 0 aliphatic carbocycles. The summed E-state index contributed by atoms with van der Waals surface area (Å²) < 4.78 is 24.3. The highest BCUT2D eigenvalue weighted by molar-refractivity contribution is 7.48. The third-order valence-corrected chi connectivity index (χ3v) is 3.90. The van der Waals surface area contributed by atoms with Crippen LogP contribution in [-0.4, -0.2) is 34.6 Å². The second-order valence-electron chi connectivity index (χ2n) is 2.93. The van der Waals surface area contributed by atoms with Crippen molar-refractivity contribution in [2.24, 2.45) is 0 Å². The van der Waals surface area contributed by atoms with Crippen LogP contribution in [0.25, 0.3) is 0 Å². The van der Waals surface area contributed by atoms with Gasteiger partial charge in [0.25, 0.3) is 0 Å². The number of hydrogen-bond acceptors (Lipinski definition) is 6. The van der Waals surface area contributed by atoms with Crippen molar-refractivity contribution in [2.75, 3.05) is 19.8 Å². The molecule has 0 aromatic carbocycles. The molecule has 108 valence electrons. The standard InChI is InChI=1S/C7H13Cl3NO6P/c1-3-15-18(14,16-4-2)17-6(5-11(12)13)7(8,9)10/h6H,3-5H2,1-2H3/t6-/m1/s1. The Balaban J connectivity index is 4.91. The van der Waals surface area contributed by atoms with Crippen LogP contribution in [0.5, 0.6) is 0 Å². The van der Waals surface area contributed by atoms with Crippen LogP contribution in [0, 0.1) is 10.1 Å². The number of phosphoric ester groups is 1. The Kier molecular flexibility index (Phi) is 8.01. The fourth-order valence-electron chi connectivity index (χ4n) is 0.902. The van der Waals surface area contributed by atoms with Crippen LogP contribution in [0.2, 0.25) is 0 Å². The maximum atomic E-state index is 12.0. The molecule has 0 N–H and O–H groups in total. The van der Waals surface area contributed by atoms with E-state index in [2.05, 4.69) is 0 Å². The summed E-state index contributed by atoms with van der Waals surface area (Å²) in [6.45, 7) is 2.28. The Morgan fingerprint density at radius 2 is 1.72 bits per heavy atom. The van der Waals surface area contributed by atoms with Gasteiger partial charge in [-0.3, -0.25) is 23.7 Å². The van der Waals surface area contributed by atoms with E-state index in [9.17, 15) is 14.7 Å². The van der Waals surface area contributed by atoms with Crippen LogP contribution in [0.1, 0.15) is 13.8 Å². The molecule has 0 aliphatic rings. The number of nitro groups is 1. The largest absolute Gasteiger partial charge is 0.475 e. The molecule has 0 aromatic rings. The average molecular weight is 345 g/mol. The van der Waals surface area contributed by atoms with Crippen LogP contribution in [-0.2, 0) is 18.1 Å². The zero-order valence-electron chi connectivity index (χ0n) is 9.68. The lowest BCUT2D eigenvalue weighted by molar-refractivity contribution is -0.489. The maximum Gasteiger partial charge on any atom is 0.475 e. The zero-order valence-corrected chi connectivity index (χ0v) is 12.8. The number of halogens is 3. The Morgan fingerprint density at radius 1 is 1.28 bits per heavy atom. The van der Waals surface area contributed by atoms with Crippen LogP contribution in [0.15, 0.2) is 0 Å². The van der Waals surface area contributed by atoms with Gasteiger partial charge in [0.15, 0.2) is 6.10 Å². The quantitative estimate of drug-likeness (QED) is 0.291. The molecule has 11 heteroatoms. The second kappa shape index (κ2) is 7.85. The second-order valence-corrected chi connectivity index (χ2v) is 6.92. The molecule has 0 aliphatic heterocycles. The number of nitrogens with zero attached hydrogens (tertiary/aromatic N) is 1. The fourth-order valence-corrected chi connectivity index (χ4v) is 2.79. The van der Waals surface area contributed by atoms with Crippen LogP contribution in [0.4, 0.5) is 0 Å². The highest BCUT2D eigenvalue weighted by atomic mass is 35.6. The molecular formula is C7H13Cl3NO6P. The van der Waals surface area contributed by atoms with E-state index in [1.807, 2.05) is 0 Å². The van der Waals surface area contributed by atoms with Crippen molar-refractivity contribution >= 4 is 42.6 Å². The molecule has 18 heavy (non-hydrogen) atoms. The minimum atomic E-state index is -3.99. The van der Waals surface area contributed by atoms with E-state index in [0.29, 0.717) is 0 Å². The normalized spacial score (nSPS) is 14.5.